The minimum atomic E-state index is 0.108. The largest absolute Gasteiger partial charge is 0.423 e. The monoisotopic (exact) mass is 257 g/mol. The zero-order chi connectivity index (χ0) is 13.2. The molecule has 4 nitrogen and oxygen atoms in total. The maximum absolute atomic E-state index is 5.81. The molecule has 0 bridgehead atoms. The molecule has 0 saturated heterocycles. The first kappa shape index (κ1) is 12.4. The first-order valence-corrected chi connectivity index (χ1v) is 6.85. The van der Waals surface area contributed by atoms with Gasteiger partial charge in [0.1, 0.15) is 0 Å². The van der Waals surface area contributed by atoms with Gasteiger partial charge in [0.25, 0.3) is 0 Å². The molecular formula is C15H19N3O. The Balaban J connectivity index is 1.79. The van der Waals surface area contributed by atoms with Gasteiger partial charge in [-0.2, -0.15) is 0 Å². The fourth-order valence-electron chi connectivity index (χ4n) is 2.62. The van der Waals surface area contributed by atoms with Crippen LogP contribution in [0.1, 0.15) is 48.2 Å². The van der Waals surface area contributed by atoms with Crippen molar-refractivity contribution in [2.24, 2.45) is 0 Å². The van der Waals surface area contributed by atoms with Gasteiger partial charge in [-0.15, -0.1) is 10.2 Å². The summed E-state index contributed by atoms with van der Waals surface area (Å²) in [5.41, 5.74) is 2.88. The second-order valence-electron chi connectivity index (χ2n) is 5.20. The molecule has 0 fully saturated rings. The molecule has 0 spiro atoms. The third-order valence-corrected chi connectivity index (χ3v) is 3.96. The summed E-state index contributed by atoms with van der Waals surface area (Å²) in [6, 6.07) is 8.74. The molecule has 2 aromatic rings. The van der Waals surface area contributed by atoms with Gasteiger partial charge in [0.2, 0.25) is 11.8 Å². The Kier molecular flexibility index (Phi) is 3.34. The van der Waals surface area contributed by atoms with Crippen LogP contribution < -0.4 is 5.32 Å². The highest BCUT2D eigenvalue weighted by atomic mass is 16.4. The van der Waals surface area contributed by atoms with Crippen molar-refractivity contribution in [2.45, 2.75) is 38.1 Å². The minimum absolute atomic E-state index is 0.108. The first-order chi connectivity index (χ1) is 9.28. The fourth-order valence-corrected chi connectivity index (χ4v) is 2.62. The van der Waals surface area contributed by atoms with E-state index in [1.165, 1.54) is 11.1 Å². The highest BCUT2D eigenvalue weighted by Crippen LogP contribution is 2.32. The standard InChI is InChI=1S/C15H19N3O/c1-10(16-2)14-17-18-15(19-14)13-8-7-11-5-3-4-6-12(11)9-13/h3-6,10,13,16H,7-9H2,1-2H3. The van der Waals surface area contributed by atoms with Crippen molar-refractivity contribution >= 4 is 0 Å². The molecule has 0 aliphatic heterocycles. The molecule has 3 rings (SSSR count). The Labute approximate surface area is 113 Å². The van der Waals surface area contributed by atoms with Gasteiger partial charge < -0.3 is 9.73 Å². The smallest absolute Gasteiger partial charge is 0.233 e. The summed E-state index contributed by atoms with van der Waals surface area (Å²) in [4.78, 5) is 0. The van der Waals surface area contributed by atoms with Crippen LogP contribution in [-0.4, -0.2) is 17.2 Å². The third kappa shape index (κ3) is 2.40. The van der Waals surface area contributed by atoms with Gasteiger partial charge in [0.15, 0.2) is 0 Å². The SMILES string of the molecule is CNC(C)c1nnc(C2CCc3ccccc3C2)o1. The third-order valence-electron chi connectivity index (χ3n) is 3.96. The van der Waals surface area contributed by atoms with Crippen molar-refractivity contribution in [3.05, 3.63) is 47.2 Å². The molecule has 4 heteroatoms. The Morgan fingerprint density at radius 2 is 2.05 bits per heavy atom. The van der Waals surface area contributed by atoms with E-state index in [9.17, 15) is 0 Å². The summed E-state index contributed by atoms with van der Waals surface area (Å²) in [6.45, 7) is 2.02. The lowest BCUT2D eigenvalue weighted by Crippen LogP contribution is -2.13. The van der Waals surface area contributed by atoms with Gasteiger partial charge in [-0.3, -0.25) is 0 Å². The minimum Gasteiger partial charge on any atom is -0.423 e. The first-order valence-electron chi connectivity index (χ1n) is 6.85. The van der Waals surface area contributed by atoms with Crippen molar-refractivity contribution in [3.63, 3.8) is 0 Å². The molecular weight excluding hydrogens is 238 g/mol. The van der Waals surface area contributed by atoms with Crippen LogP contribution in [0.4, 0.5) is 0 Å². The highest BCUT2D eigenvalue weighted by Gasteiger charge is 2.25. The number of aryl methyl sites for hydroxylation is 1. The van der Waals surface area contributed by atoms with Crippen LogP contribution in [0, 0.1) is 0 Å². The summed E-state index contributed by atoms with van der Waals surface area (Å²) in [5, 5.41) is 11.5. The quantitative estimate of drug-likeness (QED) is 0.918. The topological polar surface area (TPSA) is 51.0 Å². The number of hydrogen-bond donors (Lipinski definition) is 1. The predicted octanol–water partition coefficient (Wildman–Crippen LogP) is 2.62. The second-order valence-corrected chi connectivity index (χ2v) is 5.20. The molecule has 2 atom stereocenters. The predicted molar refractivity (Wildman–Crippen MR) is 73.0 cm³/mol. The van der Waals surface area contributed by atoms with Gasteiger partial charge in [0.05, 0.1) is 6.04 Å². The van der Waals surface area contributed by atoms with Crippen molar-refractivity contribution in [2.75, 3.05) is 7.05 Å². The van der Waals surface area contributed by atoms with E-state index in [-0.39, 0.29) is 6.04 Å². The van der Waals surface area contributed by atoms with Crippen LogP contribution in [0.3, 0.4) is 0 Å². The maximum Gasteiger partial charge on any atom is 0.233 e. The summed E-state index contributed by atoms with van der Waals surface area (Å²) in [7, 11) is 1.89. The van der Waals surface area contributed by atoms with Crippen molar-refractivity contribution in [1.29, 1.82) is 0 Å². The number of hydrogen-bond acceptors (Lipinski definition) is 4. The molecule has 1 heterocycles. The molecule has 0 radical (unpaired) electrons. The molecule has 0 amide bonds. The van der Waals surface area contributed by atoms with E-state index >= 15 is 0 Å². The van der Waals surface area contributed by atoms with Crippen LogP contribution in [0.15, 0.2) is 28.7 Å². The van der Waals surface area contributed by atoms with Crippen molar-refractivity contribution in [1.82, 2.24) is 15.5 Å². The van der Waals surface area contributed by atoms with Gasteiger partial charge in [-0.25, -0.2) is 0 Å². The molecule has 1 aromatic carbocycles. The number of nitrogens with zero attached hydrogens (tertiary/aromatic N) is 2. The van der Waals surface area contributed by atoms with Gasteiger partial charge in [0, 0.05) is 5.92 Å². The average Bonchev–Trinajstić information content (AvgIpc) is 2.95. The zero-order valence-corrected chi connectivity index (χ0v) is 11.4. The lowest BCUT2D eigenvalue weighted by Gasteiger charge is -2.21. The molecule has 1 aliphatic carbocycles. The summed E-state index contributed by atoms with van der Waals surface area (Å²) in [6.07, 6.45) is 3.19. The molecule has 100 valence electrons. The Bertz CT molecular complexity index is 564. The molecule has 2 unspecified atom stereocenters. The van der Waals surface area contributed by atoms with Gasteiger partial charge in [-0.1, -0.05) is 24.3 Å². The summed E-state index contributed by atoms with van der Waals surface area (Å²) < 4.78 is 5.81. The maximum atomic E-state index is 5.81. The van der Waals surface area contributed by atoms with E-state index in [0.717, 1.165) is 25.2 Å². The number of fused-ring (bicyclic) bond motifs is 1. The van der Waals surface area contributed by atoms with Crippen molar-refractivity contribution < 1.29 is 4.42 Å². The summed E-state index contributed by atoms with van der Waals surface area (Å²) in [5.74, 6) is 1.82. The Morgan fingerprint density at radius 1 is 1.26 bits per heavy atom. The van der Waals surface area contributed by atoms with E-state index in [0.29, 0.717) is 11.8 Å². The lowest BCUT2D eigenvalue weighted by molar-refractivity contribution is 0.369. The Hall–Kier alpha value is -1.68. The van der Waals surface area contributed by atoms with E-state index < -0.39 is 0 Å². The van der Waals surface area contributed by atoms with E-state index in [2.05, 4.69) is 39.8 Å². The van der Waals surface area contributed by atoms with Crippen LogP contribution in [-0.2, 0) is 12.8 Å². The van der Waals surface area contributed by atoms with Crippen LogP contribution in [0.5, 0.6) is 0 Å². The number of aromatic nitrogens is 2. The second kappa shape index (κ2) is 5.13. The van der Waals surface area contributed by atoms with Crippen LogP contribution in [0.25, 0.3) is 0 Å². The van der Waals surface area contributed by atoms with Crippen LogP contribution >= 0.6 is 0 Å². The van der Waals surface area contributed by atoms with Crippen molar-refractivity contribution in [3.8, 4) is 0 Å². The molecule has 0 saturated carbocycles. The fraction of sp³-hybridized carbons (Fsp3) is 0.467. The average molecular weight is 257 g/mol. The lowest BCUT2D eigenvalue weighted by atomic mass is 9.84. The zero-order valence-electron chi connectivity index (χ0n) is 11.4. The van der Waals surface area contributed by atoms with E-state index in [4.69, 9.17) is 4.42 Å². The number of rotatable bonds is 3. The van der Waals surface area contributed by atoms with E-state index in [1.54, 1.807) is 0 Å². The summed E-state index contributed by atoms with van der Waals surface area (Å²) >= 11 is 0. The van der Waals surface area contributed by atoms with Crippen LogP contribution in [0.2, 0.25) is 0 Å². The number of nitrogens with one attached hydrogen (secondary N) is 1. The molecule has 19 heavy (non-hydrogen) atoms. The molecule has 1 N–H and O–H groups in total. The number of benzene rings is 1. The Morgan fingerprint density at radius 3 is 2.84 bits per heavy atom. The molecule has 1 aliphatic rings. The molecule has 1 aromatic heterocycles. The van der Waals surface area contributed by atoms with Gasteiger partial charge >= 0.3 is 0 Å². The van der Waals surface area contributed by atoms with Gasteiger partial charge in [-0.05, 0) is 44.4 Å². The normalized spacial score (nSPS) is 20.0. The highest BCUT2D eigenvalue weighted by molar-refractivity contribution is 5.31. The van der Waals surface area contributed by atoms with E-state index in [1.807, 2.05) is 14.0 Å².